The number of rotatable bonds is 11. The van der Waals surface area contributed by atoms with Crippen LogP contribution in [-0.2, 0) is 14.3 Å². The van der Waals surface area contributed by atoms with Crippen LogP contribution in [0.5, 0.6) is 11.5 Å². The number of likely N-dealkylation sites (N-methyl/N-ethyl adjacent to an activating group) is 1. The second-order valence-corrected chi connectivity index (χ2v) is 7.95. The van der Waals surface area contributed by atoms with Crippen LogP contribution < -0.4 is 9.47 Å². The van der Waals surface area contributed by atoms with E-state index in [2.05, 4.69) is 0 Å². The Kier molecular flexibility index (Phi) is 10.3. The number of esters is 1. The number of piperidine rings is 1. The summed E-state index contributed by atoms with van der Waals surface area (Å²) < 4.78 is 16.6. The van der Waals surface area contributed by atoms with Gasteiger partial charge in [0, 0.05) is 25.7 Å². The molecule has 8 nitrogen and oxygen atoms in total. The molecule has 0 aromatic heterocycles. The highest BCUT2D eigenvalue weighted by atomic mass is 16.5. The minimum Gasteiger partial charge on any atom is -0.490 e. The number of benzene rings is 1. The van der Waals surface area contributed by atoms with Crippen molar-refractivity contribution in [1.82, 2.24) is 9.80 Å². The fourth-order valence-electron chi connectivity index (χ4n) is 3.55. The molecule has 0 spiro atoms. The van der Waals surface area contributed by atoms with Crippen molar-refractivity contribution in [3.05, 3.63) is 23.8 Å². The topological polar surface area (TPSA) is 85.4 Å². The summed E-state index contributed by atoms with van der Waals surface area (Å²) in [5.74, 6) is 0.107. The van der Waals surface area contributed by atoms with Gasteiger partial charge in [-0.2, -0.15) is 0 Å². The first-order chi connectivity index (χ1) is 15.4. The Morgan fingerprint density at radius 3 is 2.41 bits per heavy atom. The Hall–Kier alpha value is -2.77. The van der Waals surface area contributed by atoms with Gasteiger partial charge in [-0.3, -0.25) is 14.4 Å². The number of amides is 2. The summed E-state index contributed by atoms with van der Waals surface area (Å²) in [4.78, 5) is 40.8. The number of nitrogens with zero attached hydrogens (tertiary/aromatic N) is 2. The van der Waals surface area contributed by atoms with Crippen LogP contribution in [0, 0.1) is 5.92 Å². The quantitative estimate of drug-likeness (QED) is 0.484. The van der Waals surface area contributed by atoms with Gasteiger partial charge in [-0.05, 0) is 50.8 Å². The number of likely N-dealkylation sites (tertiary alicyclic amines) is 1. The summed E-state index contributed by atoms with van der Waals surface area (Å²) >= 11 is 0. The summed E-state index contributed by atoms with van der Waals surface area (Å²) in [7, 11) is 1.60. The maximum absolute atomic E-state index is 13.0. The van der Waals surface area contributed by atoms with Crippen molar-refractivity contribution in [3.8, 4) is 11.5 Å². The lowest BCUT2D eigenvalue weighted by Crippen LogP contribution is -2.47. The first-order valence-electron chi connectivity index (χ1n) is 11.5. The molecule has 0 N–H and O–H groups in total. The lowest BCUT2D eigenvalue weighted by Gasteiger charge is -2.32. The van der Waals surface area contributed by atoms with E-state index in [9.17, 15) is 14.4 Å². The van der Waals surface area contributed by atoms with E-state index in [1.807, 2.05) is 13.8 Å². The van der Waals surface area contributed by atoms with E-state index in [0.29, 0.717) is 56.4 Å². The van der Waals surface area contributed by atoms with Crippen molar-refractivity contribution in [1.29, 1.82) is 0 Å². The van der Waals surface area contributed by atoms with Gasteiger partial charge in [-0.25, -0.2) is 0 Å². The number of carbonyl (C=O) groups excluding carboxylic acids is 3. The van der Waals surface area contributed by atoms with Gasteiger partial charge >= 0.3 is 5.97 Å². The van der Waals surface area contributed by atoms with Crippen molar-refractivity contribution < 1.29 is 28.6 Å². The van der Waals surface area contributed by atoms with Crippen LogP contribution in [0.1, 0.15) is 56.8 Å². The minimum absolute atomic E-state index is 0.0619. The largest absolute Gasteiger partial charge is 0.490 e. The van der Waals surface area contributed by atoms with E-state index >= 15 is 0 Å². The number of carbonyl (C=O) groups is 3. The molecule has 1 aliphatic rings. The molecule has 178 valence electrons. The highest BCUT2D eigenvalue weighted by Crippen LogP contribution is 2.29. The van der Waals surface area contributed by atoms with Crippen molar-refractivity contribution in [2.45, 2.75) is 46.5 Å². The van der Waals surface area contributed by atoms with Gasteiger partial charge in [-0.1, -0.05) is 13.8 Å². The molecular formula is C24H36N2O6. The van der Waals surface area contributed by atoms with E-state index < -0.39 is 0 Å². The van der Waals surface area contributed by atoms with Crippen LogP contribution >= 0.6 is 0 Å². The number of hydrogen-bond donors (Lipinski definition) is 0. The highest BCUT2D eigenvalue weighted by Gasteiger charge is 2.30. The zero-order chi connectivity index (χ0) is 23.5. The Labute approximate surface area is 190 Å². The zero-order valence-corrected chi connectivity index (χ0v) is 19.7. The molecule has 0 saturated carbocycles. The molecule has 8 heteroatoms. The van der Waals surface area contributed by atoms with Gasteiger partial charge in [0.15, 0.2) is 11.5 Å². The van der Waals surface area contributed by atoms with Gasteiger partial charge in [0.2, 0.25) is 5.91 Å². The van der Waals surface area contributed by atoms with E-state index in [1.165, 1.54) is 4.90 Å². The molecule has 1 saturated heterocycles. The predicted octanol–water partition coefficient (Wildman–Crippen LogP) is 3.14. The third-order valence-corrected chi connectivity index (χ3v) is 5.23. The fourth-order valence-corrected chi connectivity index (χ4v) is 3.55. The molecule has 1 fully saturated rings. The molecule has 0 radical (unpaired) electrons. The molecule has 1 aliphatic heterocycles. The summed E-state index contributed by atoms with van der Waals surface area (Å²) in [5, 5.41) is 0. The smallest absolute Gasteiger partial charge is 0.310 e. The summed E-state index contributed by atoms with van der Waals surface area (Å²) in [6.45, 7) is 8.05. The Morgan fingerprint density at radius 2 is 1.75 bits per heavy atom. The first kappa shape index (κ1) is 25.5. The second kappa shape index (κ2) is 12.9. The average Bonchev–Trinajstić information content (AvgIpc) is 2.81. The molecule has 1 atom stereocenters. The standard InChI is InChI=1S/C24H36N2O6/c1-5-13-31-20-11-10-18(15-21(20)32-14-6-2)23(28)25(4)17-22(27)26-12-8-9-19(16-26)24(29)30-7-3/h10-11,15,19H,5-9,12-14,16-17H2,1-4H3. The maximum Gasteiger partial charge on any atom is 0.310 e. The number of hydrogen-bond acceptors (Lipinski definition) is 6. The fraction of sp³-hybridized carbons (Fsp3) is 0.625. The first-order valence-corrected chi connectivity index (χ1v) is 11.5. The summed E-state index contributed by atoms with van der Waals surface area (Å²) in [6, 6.07) is 5.09. The van der Waals surface area contributed by atoms with E-state index in [4.69, 9.17) is 14.2 Å². The molecule has 0 bridgehead atoms. The zero-order valence-electron chi connectivity index (χ0n) is 19.7. The van der Waals surface area contributed by atoms with Crippen LogP contribution in [0.15, 0.2) is 18.2 Å². The van der Waals surface area contributed by atoms with Crippen LogP contribution in [-0.4, -0.2) is 74.1 Å². The maximum atomic E-state index is 13.0. The van der Waals surface area contributed by atoms with E-state index in [1.54, 1.807) is 37.1 Å². The molecule has 1 aromatic carbocycles. The van der Waals surface area contributed by atoms with Gasteiger partial charge in [0.25, 0.3) is 5.91 Å². The minimum atomic E-state index is -0.303. The lowest BCUT2D eigenvalue weighted by atomic mass is 9.98. The normalized spacial score (nSPS) is 15.8. The molecular weight excluding hydrogens is 412 g/mol. The SMILES string of the molecule is CCCOc1ccc(C(=O)N(C)CC(=O)N2CCCC(C(=O)OCC)C2)cc1OCCC. The van der Waals surface area contributed by atoms with Crippen LogP contribution in [0.2, 0.25) is 0 Å². The second-order valence-electron chi connectivity index (χ2n) is 7.95. The van der Waals surface area contributed by atoms with Crippen LogP contribution in [0.4, 0.5) is 0 Å². The average molecular weight is 449 g/mol. The van der Waals surface area contributed by atoms with Gasteiger partial charge < -0.3 is 24.0 Å². The predicted molar refractivity (Wildman–Crippen MR) is 121 cm³/mol. The Bertz CT molecular complexity index is 782. The third-order valence-electron chi connectivity index (χ3n) is 5.23. The highest BCUT2D eigenvalue weighted by molar-refractivity contribution is 5.97. The number of ether oxygens (including phenoxy) is 3. The van der Waals surface area contributed by atoms with Crippen LogP contribution in [0.25, 0.3) is 0 Å². The molecule has 32 heavy (non-hydrogen) atoms. The van der Waals surface area contributed by atoms with Gasteiger partial charge in [0.1, 0.15) is 0 Å². The van der Waals surface area contributed by atoms with E-state index in [0.717, 1.165) is 19.3 Å². The van der Waals surface area contributed by atoms with Gasteiger partial charge in [-0.15, -0.1) is 0 Å². The molecule has 1 heterocycles. The molecule has 1 aromatic rings. The Balaban J connectivity index is 2.03. The summed E-state index contributed by atoms with van der Waals surface area (Å²) in [6.07, 6.45) is 3.16. The third kappa shape index (κ3) is 7.14. The lowest BCUT2D eigenvalue weighted by molar-refractivity contribution is -0.151. The summed E-state index contributed by atoms with van der Waals surface area (Å²) in [5.41, 5.74) is 0.429. The van der Waals surface area contributed by atoms with Crippen LogP contribution in [0.3, 0.4) is 0 Å². The van der Waals surface area contributed by atoms with Crippen molar-refractivity contribution in [2.75, 3.05) is 46.5 Å². The van der Waals surface area contributed by atoms with Crippen molar-refractivity contribution in [3.63, 3.8) is 0 Å². The Morgan fingerprint density at radius 1 is 1.06 bits per heavy atom. The van der Waals surface area contributed by atoms with E-state index in [-0.39, 0.29) is 30.2 Å². The molecule has 2 amide bonds. The van der Waals surface area contributed by atoms with Crippen molar-refractivity contribution >= 4 is 17.8 Å². The molecule has 0 aliphatic carbocycles. The van der Waals surface area contributed by atoms with Gasteiger partial charge in [0.05, 0.1) is 32.3 Å². The monoisotopic (exact) mass is 448 g/mol. The van der Waals surface area contributed by atoms with Crippen molar-refractivity contribution in [2.24, 2.45) is 5.92 Å². The molecule has 2 rings (SSSR count). The molecule has 1 unspecified atom stereocenters.